The van der Waals surface area contributed by atoms with E-state index < -0.39 is 12.0 Å². The van der Waals surface area contributed by atoms with Crippen LogP contribution >= 0.6 is 35.0 Å². The fourth-order valence-corrected chi connectivity index (χ4v) is 2.60. The molecule has 1 unspecified atom stereocenters. The highest BCUT2D eigenvalue weighted by molar-refractivity contribution is 7.99. The van der Waals surface area contributed by atoms with E-state index in [1.165, 1.54) is 18.9 Å². The molecule has 0 spiro atoms. The Bertz CT molecular complexity index is 514. The predicted octanol–water partition coefficient (Wildman–Crippen LogP) is 2.56. The van der Waals surface area contributed by atoms with Gasteiger partial charge in [0, 0.05) is 0 Å². The predicted molar refractivity (Wildman–Crippen MR) is 87.0 cm³/mol. The first kappa shape index (κ1) is 18.1. The number of methoxy groups -OCH3 is 1. The fraction of sp³-hybridized carbons (Fsp3) is 0.385. The standard InChI is InChI=1S/C13H16Cl2N2O3S/c1-20-13(19)9(16)5-6-21-7-11(18)17-10-4-2-3-8(14)12(10)15/h2-4,9H,5-7,16H2,1H3,(H,17,18). The Labute approximate surface area is 137 Å². The molecule has 5 nitrogen and oxygen atoms in total. The Morgan fingerprint density at radius 1 is 1.43 bits per heavy atom. The molecule has 0 aliphatic carbocycles. The van der Waals surface area contributed by atoms with Gasteiger partial charge in [-0.05, 0) is 24.3 Å². The molecule has 21 heavy (non-hydrogen) atoms. The summed E-state index contributed by atoms with van der Waals surface area (Å²) in [6.45, 7) is 0. The number of nitrogens with one attached hydrogen (secondary N) is 1. The SMILES string of the molecule is COC(=O)C(N)CCSCC(=O)Nc1cccc(Cl)c1Cl. The highest BCUT2D eigenvalue weighted by atomic mass is 35.5. The van der Waals surface area contributed by atoms with E-state index in [-0.39, 0.29) is 11.7 Å². The number of amides is 1. The van der Waals surface area contributed by atoms with Gasteiger partial charge < -0.3 is 15.8 Å². The molecule has 1 atom stereocenters. The van der Waals surface area contributed by atoms with Crippen molar-refractivity contribution in [3.63, 3.8) is 0 Å². The van der Waals surface area contributed by atoms with Gasteiger partial charge in [0.1, 0.15) is 6.04 Å². The third kappa shape index (κ3) is 6.13. The minimum atomic E-state index is -0.659. The summed E-state index contributed by atoms with van der Waals surface area (Å²) in [4.78, 5) is 22.8. The number of nitrogens with two attached hydrogens (primary N) is 1. The van der Waals surface area contributed by atoms with Crippen molar-refractivity contribution in [3.8, 4) is 0 Å². The van der Waals surface area contributed by atoms with Crippen LogP contribution in [0.1, 0.15) is 6.42 Å². The third-order valence-electron chi connectivity index (χ3n) is 2.54. The summed E-state index contributed by atoms with van der Waals surface area (Å²) in [6.07, 6.45) is 0.447. The Kier molecular flexibility index (Phi) is 7.88. The Morgan fingerprint density at radius 3 is 2.81 bits per heavy atom. The summed E-state index contributed by atoms with van der Waals surface area (Å²) in [6, 6.07) is 4.35. The summed E-state index contributed by atoms with van der Waals surface area (Å²) >= 11 is 13.2. The van der Waals surface area contributed by atoms with Crippen LogP contribution in [0, 0.1) is 0 Å². The van der Waals surface area contributed by atoms with E-state index in [0.717, 1.165) is 0 Å². The number of thioether (sulfide) groups is 1. The molecule has 0 radical (unpaired) electrons. The van der Waals surface area contributed by atoms with Gasteiger partial charge in [0.05, 0.1) is 28.6 Å². The maximum absolute atomic E-state index is 11.8. The number of esters is 1. The minimum Gasteiger partial charge on any atom is -0.468 e. The first-order valence-electron chi connectivity index (χ1n) is 6.10. The van der Waals surface area contributed by atoms with E-state index in [2.05, 4.69) is 10.1 Å². The number of benzene rings is 1. The van der Waals surface area contributed by atoms with Gasteiger partial charge in [0.25, 0.3) is 0 Å². The molecule has 3 N–H and O–H groups in total. The average molecular weight is 351 g/mol. The van der Waals surface area contributed by atoms with Crippen LogP contribution in [0.2, 0.25) is 10.0 Å². The molecule has 0 bridgehead atoms. The van der Waals surface area contributed by atoms with E-state index in [1.54, 1.807) is 18.2 Å². The van der Waals surface area contributed by atoms with Crippen LogP contribution in [0.4, 0.5) is 5.69 Å². The van der Waals surface area contributed by atoms with Gasteiger partial charge in [-0.15, -0.1) is 0 Å². The van der Waals surface area contributed by atoms with Gasteiger partial charge >= 0.3 is 5.97 Å². The Balaban J connectivity index is 2.32. The van der Waals surface area contributed by atoms with Gasteiger partial charge in [-0.1, -0.05) is 29.3 Å². The van der Waals surface area contributed by atoms with Crippen LogP contribution in [0.15, 0.2) is 18.2 Å². The summed E-state index contributed by atoms with van der Waals surface area (Å²) in [5.41, 5.74) is 6.06. The summed E-state index contributed by atoms with van der Waals surface area (Å²) in [7, 11) is 1.29. The number of hydrogen-bond donors (Lipinski definition) is 2. The summed E-state index contributed by atoms with van der Waals surface area (Å²) in [5, 5.41) is 3.37. The molecule has 0 fully saturated rings. The zero-order valence-corrected chi connectivity index (χ0v) is 13.7. The molecule has 1 rings (SSSR count). The number of halogens is 2. The van der Waals surface area contributed by atoms with Crippen LogP contribution in [0.25, 0.3) is 0 Å². The van der Waals surface area contributed by atoms with Crippen molar-refractivity contribution in [2.75, 3.05) is 23.9 Å². The van der Waals surface area contributed by atoms with Crippen molar-refractivity contribution in [3.05, 3.63) is 28.2 Å². The van der Waals surface area contributed by atoms with Crippen LogP contribution in [-0.2, 0) is 14.3 Å². The van der Waals surface area contributed by atoms with Gasteiger partial charge in [0.2, 0.25) is 5.91 Å². The first-order chi connectivity index (χ1) is 9.95. The number of rotatable bonds is 7. The van der Waals surface area contributed by atoms with Crippen molar-refractivity contribution < 1.29 is 14.3 Å². The van der Waals surface area contributed by atoms with Gasteiger partial charge in [-0.3, -0.25) is 9.59 Å². The van der Waals surface area contributed by atoms with E-state index in [4.69, 9.17) is 28.9 Å². The molecule has 0 saturated heterocycles. The molecule has 116 valence electrons. The number of anilines is 1. The zero-order valence-electron chi connectivity index (χ0n) is 11.4. The lowest BCUT2D eigenvalue weighted by Crippen LogP contribution is -2.32. The maximum Gasteiger partial charge on any atom is 0.322 e. The van der Waals surface area contributed by atoms with Gasteiger partial charge in [0.15, 0.2) is 0 Å². The topological polar surface area (TPSA) is 81.4 Å². The second-order valence-corrected chi connectivity index (χ2v) is 6.01. The van der Waals surface area contributed by atoms with E-state index in [1.807, 2.05) is 0 Å². The van der Waals surface area contributed by atoms with Crippen LogP contribution in [-0.4, -0.2) is 36.5 Å². The minimum absolute atomic E-state index is 0.198. The first-order valence-corrected chi connectivity index (χ1v) is 8.01. The summed E-state index contributed by atoms with van der Waals surface area (Å²) < 4.78 is 4.51. The molecule has 8 heteroatoms. The van der Waals surface area contributed by atoms with E-state index >= 15 is 0 Å². The van der Waals surface area contributed by atoms with Crippen molar-refractivity contribution in [1.82, 2.24) is 0 Å². The van der Waals surface area contributed by atoms with Crippen molar-refractivity contribution in [2.45, 2.75) is 12.5 Å². The molecule has 0 saturated carbocycles. The largest absolute Gasteiger partial charge is 0.468 e. The Morgan fingerprint density at radius 2 is 2.14 bits per heavy atom. The monoisotopic (exact) mass is 350 g/mol. The quantitative estimate of drug-likeness (QED) is 0.583. The molecule has 1 aromatic carbocycles. The number of carbonyl (C=O) groups is 2. The summed E-state index contributed by atoms with van der Waals surface area (Å²) in [5.74, 6) is 0.158. The van der Waals surface area contributed by atoms with Crippen LogP contribution in [0.5, 0.6) is 0 Å². The highest BCUT2D eigenvalue weighted by Crippen LogP contribution is 2.29. The molecule has 0 aliphatic heterocycles. The molecular weight excluding hydrogens is 335 g/mol. The average Bonchev–Trinajstić information content (AvgIpc) is 2.47. The number of carbonyl (C=O) groups excluding carboxylic acids is 2. The highest BCUT2D eigenvalue weighted by Gasteiger charge is 2.13. The maximum atomic E-state index is 11.8. The fourth-order valence-electron chi connectivity index (χ4n) is 1.43. The van der Waals surface area contributed by atoms with Gasteiger partial charge in [-0.25, -0.2) is 0 Å². The second-order valence-electron chi connectivity index (χ2n) is 4.12. The normalized spacial score (nSPS) is 11.8. The smallest absolute Gasteiger partial charge is 0.322 e. The lowest BCUT2D eigenvalue weighted by atomic mass is 10.2. The third-order valence-corrected chi connectivity index (χ3v) is 4.35. The Hall–Kier alpha value is -0.950. The molecule has 0 aromatic heterocycles. The molecular formula is C13H16Cl2N2O3S. The van der Waals surface area contributed by atoms with Gasteiger partial charge in [-0.2, -0.15) is 11.8 Å². The molecule has 0 heterocycles. The second kappa shape index (κ2) is 9.15. The molecule has 0 aliphatic rings. The van der Waals surface area contributed by atoms with Crippen molar-refractivity contribution in [1.29, 1.82) is 0 Å². The van der Waals surface area contributed by atoms with Crippen molar-refractivity contribution >= 4 is 52.5 Å². The number of ether oxygens (including phenoxy) is 1. The molecule has 1 amide bonds. The zero-order chi connectivity index (χ0) is 15.8. The van der Waals surface area contributed by atoms with Crippen LogP contribution in [0.3, 0.4) is 0 Å². The molecule has 1 aromatic rings. The van der Waals surface area contributed by atoms with Crippen LogP contribution < -0.4 is 11.1 Å². The van der Waals surface area contributed by atoms with Crippen molar-refractivity contribution in [2.24, 2.45) is 5.73 Å². The lowest BCUT2D eigenvalue weighted by Gasteiger charge is -2.09. The lowest BCUT2D eigenvalue weighted by molar-refractivity contribution is -0.142. The number of hydrogen-bond acceptors (Lipinski definition) is 5. The van der Waals surface area contributed by atoms with E-state index in [0.29, 0.717) is 27.9 Å². The van der Waals surface area contributed by atoms with E-state index in [9.17, 15) is 9.59 Å².